The molecule has 0 aromatic heterocycles. The Kier molecular flexibility index (Phi) is 8.84. The number of halogens is 2. The molecule has 0 saturated carbocycles. The Bertz CT molecular complexity index is 1080. The molecule has 0 radical (unpaired) electrons. The second-order valence-electron chi connectivity index (χ2n) is 7.84. The Morgan fingerprint density at radius 2 is 1.91 bits per heavy atom. The maximum atomic E-state index is 13.8. The van der Waals surface area contributed by atoms with Crippen molar-refractivity contribution in [2.45, 2.75) is 38.4 Å². The molecule has 1 aliphatic heterocycles. The first-order valence-electron chi connectivity index (χ1n) is 10.8. The van der Waals surface area contributed by atoms with Crippen molar-refractivity contribution in [3.63, 3.8) is 0 Å². The van der Waals surface area contributed by atoms with Crippen LogP contribution in [0, 0.1) is 11.6 Å². The van der Waals surface area contributed by atoms with Crippen LogP contribution in [0.1, 0.15) is 18.1 Å². The highest BCUT2D eigenvalue weighted by molar-refractivity contribution is 7.89. The Hall–Kier alpha value is -2.73. The summed E-state index contributed by atoms with van der Waals surface area (Å²) in [4.78, 5) is 1.49. The molecule has 1 aliphatic rings. The number of ether oxygens (including phenoxy) is 2. The van der Waals surface area contributed by atoms with E-state index in [1.807, 2.05) is 24.3 Å². The normalized spacial score (nSPS) is 17.4. The molecule has 1 unspecified atom stereocenters. The molecule has 2 aromatic carbocycles. The van der Waals surface area contributed by atoms with Gasteiger partial charge in [-0.15, -0.1) is 0 Å². The van der Waals surface area contributed by atoms with Crippen LogP contribution in [-0.2, 0) is 27.7 Å². The number of aliphatic hydroxyl groups is 1. The summed E-state index contributed by atoms with van der Waals surface area (Å²) >= 11 is 0. The molecule has 0 saturated heterocycles. The van der Waals surface area contributed by atoms with Gasteiger partial charge in [-0.2, -0.15) is 4.72 Å². The van der Waals surface area contributed by atoms with Crippen molar-refractivity contribution in [1.29, 1.82) is 0 Å². The Morgan fingerprint density at radius 3 is 2.59 bits per heavy atom. The predicted octanol–water partition coefficient (Wildman–Crippen LogP) is 2.06. The predicted molar refractivity (Wildman–Crippen MR) is 123 cm³/mol. The van der Waals surface area contributed by atoms with Gasteiger partial charge >= 0.3 is 0 Å². The van der Waals surface area contributed by atoms with E-state index in [1.54, 1.807) is 7.11 Å². The molecule has 3 N–H and O–H groups in total. The molecule has 11 heteroatoms. The number of rotatable bonds is 12. The van der Waals surface area contributed by atoms with Crippen molar-refractivity contribution >= 4 is 10.0 Å². The molecule has 3 rings (SSSR count). The van der Waals surface area contributed by atoms with Crippen molar-refractivity contribution in [3.8, 4) is 5.75 Å². The lowest BCUT2D eigenvalue weighted by atomic mass is 9.99. The number of hydrogen-bond acceptors (Lipinski definition) is 7. The van der Waals surface area contributed by atoms with Gasteiger partial charge in [0, 0.05) is 25.4 Å². The van der Waals surface area contributed by atoms with Gasteiger partial charge in [-0.1, -0.05) is 12.1 Å². The lowest BCUT2D eigenvalue weighted by Gasteiger charge is -2.35. The molecule has 2 aromatic rings. The van der Waals surface area contributed by atoms with Crippen molar-refractivity contribution in [2.75, 3.05) is 19.4 Å². The van der Waals surface area contributed by atoms with Gasteiger partial charge in [0.15, 0.2) is 0 Å². The fourth-order valence-corrected chi connectivity index (χ4v) is 4.28. The minimum absolute atomic E-state index is 0.0364. The van der Waals surface area contributed by atoms with E-state index >= 15 is 0 Å². The fourth-order valence-electron chi connectivity index (χ4n) is 3.63. The third-order valence-electron chi connectivity index (χ3n) is 5.38. The van der Waals surface area contributed by atoms with E-state index in [0.717, 1.165) is 11.6 Å². The maximum Gasteiger partial charge on any atom is 0.241 e. The van der Waals surface area contributed by atoms with Crippen LogP contribution in [0.25, 0.3) is 0 Å². The number of benzene rings is 2. The molecule has 0 spiro atoms. The van der Waals surface area contributed by atoms with E-state index in [-0.39, 0.29) is 18.7 Å². The fraction of sp³-hybridized carbons (Fsp3) is 0.391. The first kappa shape index (κ1) is 25.9. The zero-order valence-corrected chi connectivity index (χ0v) is 19.8. The molecule has 34 heavy (non-hydrogen) atoms. The Morgan fingerprint density at radius 1 is 1.18 bits per heavy atom. The molecule has 1 heterocycles. The van der Waals surface area contributed by atoms with Crippen LogP contribution < -0.4 is 14.8 Å². The topological polar surface area (TPSA) is 100 Å². The third kappa shape index (κ3) is 7.13. The average molecular weight is 498 g/mol. The van der Waals surface area contributed by atoms with E-state index in [0.29, 0.717) is 17.9 Å². The van der Waals surface area contributed by atoms with Crippen LogP contribution in [-0.4, -0.2) is 56.3 Å². The minimum atomic E-state index is -3.63. The molecule has 0 fully saturated rings. The Labute approximate surface area is 198 Å². The second-order valence-corrected chi connectivity index (χ2v) is 9.88. The number of methoxy groups -OCH3 is 1. The summed E-state index contributed by atoms with van der Waals surface area (Å²) in [6.07, 6.45) is 0.694. The van der Waals surface area contributed by atoms with E-state index in [2.05, 4.69) is 10.0 Å². The molecule has 186 valence electrons. The van der Waals surface area contributed by atoms with Crippen molar-refractivity contribution in [2.24, 2.45) is 0 Å². The molecule has 3 atom stereocenters. The van der Waals surface area contributed by atoms with Gasteiger partial charge in [-0.25, -0.2) is 17.2 Å². The number of sulfonamides is 1. The summed E-state index contributed by atoms with van der Waals surface area (Å²) in [6, 6.07) is 9.80. The van der Waals surface area contributed by atoms with Gasteiger partial charge in [0.1, 0.15) is 23.6 Å². The first-order chi connectivity index (χ1) is 16.2. The molecule has 0 bridgehead atoms. The summed E-state index contributed by atoms with van der Waals surface area (Å²) in [5.41, 5.74) is 1.25. The van der Waals surface area contributed by atoms with Crippen LogP contribution in [0.2, 0.25) is 0 Å². The standard InChI is InChI=1S/C23H29F2N3O5S/c1-3-34(30,31)27-23-28(7-8-33-23)21(12-17-9-18(24)13-19(25)10-17)22(29)15-26-14-16-5-4-6-20(11-16)32-2/h4-11,13,21-23,26-27,29H,3,12,14-15H2,1-2H3/t21-,22+,23?/m0/s1. The van der Waals surface area contributed by atoms with Gasteiger partial charge in [-0.3, -0.25) is 0 Å². The lowest BCUT2D eigenvalue weighted by molar-refractivity contribution is -0.0190. The van der Waals surface area contributed by atoms with Gasteiger partial charge in [0.05, 0.1) is 25.0 Å². The minimum Gasteiger partial charge on any atom is -0.497 e. The zero-order valence-electron chi connectivity index (χ0n) is 18.9. The summed E-state index contributed by atoms with van der Waals surface area (Å²) in [5, 5.41) is 14.2. The smallest absolute Gasteiger partial charge is 0.241 e. The van der Waals surface area contributed by atoms with Crippen molar-refractivity contribution in [3.05, 3.63) is 77.7 Å². The third-order valence-corrected chi connectivity index (χ3v) is 6.70. The zero-order chi connectivity index (χ0) is 24.7. The highest BCUT2D eigenvalue weighted by Crippen LogP contribution is 2.22. The van der Waals surface area contributed by atoms with E-state index in [4.69, 9.17) is 9.47 Å². The largest absolute Gasteiger partial charge is 0.497 e. The van der Waals surface area contributed by atoms with E-state index in [1.165, 1.54) is 36.4 Å². The van der Waals surface area contributed by atoms with Gasteiger partial charge < -0.3 is 24.8 Å². The van der Waals surface area contributed by atoms with Gasteiger partial charge in [0.25, 0.3) is 0 Å². The van der Waals surface area contributed by atoms with Crippen LogP contribution in [0.5, 0.6) is 5.75 Å². The maximum absolute atomic E-state index is 13.8. The summed E-state index contributed by atoms with van der Waals surface area (Å²) in [7, 11) is -2.05. The summed E-state index contributed by atoms with van der Waals surface area (Å²) in [6.45, 7) is 2.05. The van der Waals surface area contributed by atoms with Crippen molar-refractivity contribution < 1.29 is 31.8 Å². The van der Waals surface area contributed by atoms with E-state index < -0.39 is 40.2 Å². The number of nitrogens with one attached hydrogen (secondary N) is 2. The summed E-state index contributed by atoms with van der Waals surface area (Å²) in [5.74, 6) is -0.937. The Balaban J connectivity index is 1.76. The van der Waals surface area contributed by atoms with Gasteiger partial charge in [0.2, 0.25) is 16.4 Å². The lowest BCUT2D eigenvalue weighted by Crippen LogP contribution is -2.54. The summed E-state index contributed by atoms with van der Waals surface area (Å²) < 4.78 is 64.8. The van der Waals surface area contributed by atoms with Crippen LogP contribution in [0.4, 0.5) is 8.78 Å². The van der Waals surface area contributed by atoms with Crippen LogP contribution in [0.15, 0.2) is 54.9 Å². The second kappa shape index (κ2) is 11.6. The number of nitrogens with zero attached hydrogens (tertiary/aromatic N) is 1. The van der Waals surface area contributed by atoms with Crippen LogP contribution in [0.3, 0.4) is 0 Å². The monoisotopic (exact) mass is 497 g/mol. The number of aliphatic hydroxyl groups excluding tert-OH is 1. The first-order valence-corrected chi connectivity index (χ1v) is 12.4. The van der Waals surface area contributed by atoms with E-state index in [9.17, 15) is 22.3 Å². The molecule has 0 aliphatic carbocycles. The SMILES string of the molecule is CCS(=O)(=O)NC1OC=CN1[C@@H](Cc1cc(F)cc(F)c1)[C@H](O)CNCc1cccc(OC)c1. The van der Waals surface area contributed by atoms with Crippen LogP contribution >= 0.6 is 0 Å². The molecular weight excluding hydrogens is 468 g/mol. The van der Waals surface area contributed by atoms with Gasteiger partial charge in [-0.05, 0) is 48.7 Å². The highest BCUT2D eigenvalue weighted by atomic mass is 32.2. The highest BCUT2D eigenvalue weighted by Gasteiger charge is 2.35. The quantitative estimate of drug-likeness (QED) is 0.413. The average Bonchev–Trinajstić information content (AvgIpc) is 3.23. The molecule has 8 nitrogen and oxygen atoms in total. The molecule has 0 amide bonds. The van der Waals surface area contributed by atoms with Crippen molar-refractivity contribution in [1.82, 2.24) is 14.9 Å². The number of hydrogen-bond donors (Lipinski definition) is 3. The molecular formula is C23H29F2N3O5S.